The summed E-state index contributed by atoms with van der Waals surface area (Å²) in [7, 11) is -4.13. The maximum Gasteiger partial charge on any atom is 0.264 e. The maximum absolute atomic E-state index is 14.0. The summed E-state index contributed by atoms with van der Waals surface area (Å²) in [4.78, 5) is 28.3. The molecule has 1 N–H and O–H groups in total. The van der Waals surface area contributed by atoms with Crippen molar-refractivity contribution in [2.45, 2.75) is 37.8 Å². The lowest BCUT2D eigenvalue weighted by Gasteiger charge is -2.33. The van der Waals surface area contributed by atoms with Crippen LogP contribution in [0.3, 0.4) is 0 Å². The van der Waals surface area contributed by atoms with E-state index < -0.39 is 28.5 Å². The summed E-state index contributed by atoms with van der Waals surface area (Å²) in [6.45, 7) is 3.31. The molecule has 0 unspecified atom stereocenters. The highest BCUT2D eigenvalue weighted by molar-refractivity contribution is 9.10. The molecular weight excluding hydrogens is 613 g/mol. The van der Waals surface area contributed by atoms with Crippen LogP contribution in [0.5, 0.6) is 0 Å². The fourth-order valence-corrected chi connectivity index (χ4v) is 6.14. The Labute approximate surface area is 241 Å². The summed E-state index contributed by atoms with van der Waals surface area (Å²) < 4.78 is 29.3. The number of amides is 2. The molecule has 3 aromatic carbocycles. The lowest BCUT2D eigenvalue weighted by atomic mass is 10.1. The number of anilines is 1. The Morgan fingerprint density at radius 3 is 2.08 bits per heavy atom. The highest BCUT2D eigenvalue weighted by Crippen LogP contribution is 2.29. The summed E-state index contributed by atoms with van der Waals surface area (Å²) >= 11 is 16.2. The van der Waals surface area contributed by atoms with Gasteiger partial charge in [-0.1, -0.05) is 70.3 Å². The van der Waals surface area contributed by atoms with Crippen LogP contribution in [0.15, 0.2) is 82.2 Å². The van der Waals surface area contributed by atoms with E-state index in [9.17, 15) is 18.0 Å². The van der Waals surface area contributed by atoms with Crippen LogP contribution in [0.1, 0.15) is 25.8 Å². The number of likely N-dealkylation sites (N-methyl/N-ethyl adjacent to an activating group) is 1. The quantitative estimate of drug-likeness (QED) is 0.283. The summed E-state index contributed by atoms with van der Waals surface area (Å²) in [5.41, 5.74) is 0.764. The molecule has 202 valence electrons. The maximum atomic E-state index is 14.0. The zero-order valence-electron chi connectivity index (χ0n) is 20.9. The van der Waals surface area contributed by atoms with Gasteiger partial charge in [0.25, 0.3) is 10.0 Å². The number of hydrogen-bond donors (Lipinski definition) is 1. The Morgan fingerprint density at radius 2 is 1.53 bits per heavy atom. The number of nitrogens with zero attached hydrogens (tertiary/aromatic N) is 2. The molecule has 0 saturated heterocycles. The van der Waals surface area contributed by atoms with Crippen molar-refractivity contribution in [1.82, 2.24) is 10.2 Å². The molecule has 0 aliphatic rings. The zero-order chi connectivity index (χ0) is 27.9. The second-order valence-corrected chi connectivity index (χ2v) is 11.9. The molecule has 0 aromatic heterocycles. The van der Waals surface area contributed by atoms with Crippen LogP contribution in [0.4, 0.5) is 5.69 Å². The average molecular weight is 641 g/mol. The number of nitrogens with one attached hydrogen (secondary N) is 1. The van der Waals surface area contributed by atoms with Gasteiger partial charge in [0.05, 0.1) is 10.6 Å². The lowest BCUT2D eigenvalue weighted by Crippen LogP contribution is -2.52. The van der Waals surface area contributed by atoms with Gasteiger partial charge < -0.3 is 10.2 Å². The van der Waals surface area contributed by atoms with Gasteiger partial charge in [-0.05, 0) is 61.9 Å². The first-order valence-electron chi connectivity index (χ1n) is 11.9. The predicted molar refractivity (Wildman–Crippen MR) is 155 cm³/mol. The molecule has 0 radical (unpaired) electrons. The molecule has 0 aliphatic heterocycles. The number of benzene rings is 3. The molecule has 38 heavy (non-hydrogen) atoms. The van der Waals surface area contributed by atoms with Crippen molar-refractivity contribution < 1.29 is 18.0 Å². The van der Waals surface area contributed by atoms with Crippen LogP contribution in [-0.4, -0.2) is 44.3 Å². The van der Waals surface area contributed by atoms with E-state index in [1.165, 1.54) is 17.0 Å². The van der Waals surface area contributed by atoms with E-state index in [1.54, 1.807) is 74.5 Å². The van der Waals surface area contributed by atoms with E-state index in [4.69, 9.17) is 23.2 Å². The van der Waals surface area contributed by atoms with Crippen LogP contribution in [0.25, 0.3) is 0 Å². The molecule has 1 atom stereocenters. The Bertz CT molecular complexity index is 1350. The number of halogens is 3. The Balaban J connectivity index is 2.08. The van der Waals surface area contributed by atoms with Gasteiger partial charge >= 0.3 is 0 Å². The van der Waals surface area contributed by atoms with E-state index in [0.29, 0.717) is 34.3 Å². The van der Waals surface area contributed by atoms with E-state index in [2.05, 4.69) is 21.2 Å². The van der Waals surface area contributed by atoms with Crippen molar-refractivity contribution >= 4 is 66.7 Å². The smallest absolute Gasteiger partial charge is 0.264 e. The number of carbonyl (C=O) groups excluding carboxylic acids is 2. The minimum atomic E-state index is -4.13. The van der Waals surface area contributed by atoms with Crippen molar-refractivity contribution in [3.63, 3.8) is 0 Å². The molecule has 0 bridgehead atoms. The first kappa shape index (κ1) is 30.0. The molecule has 0 saturated carbocycles. The van der Waals surface area contributed by atoms with Gasteiger partial charge in [0.1, 0.15) is 12.6 Å². The van der Waals surface area contributed by atoms with E-state index in [1.807, 2.05) is 0 Å². The monoisotopic (exact) mass is 639 g/mol. The van der Waals surface area contributed by atoms with Crippen LogP contribution in [0, 0.1) is 0 Å². The van der Waals surface area contributed by atoms with E-state index in [0.717, 1.165) is 8.78 Å². The van der Waals surface area contributed by atoms with Gasteiger partial charge in [0.15, 0.2) is 0 Å². The minimum absolute atomic E-state index is 0.0344. The summed E-state index contributed by atoms with van der Waals surface area (Å²) in [5, 5.41) is 3.43. The molecule has 3 aromatic rings. The molecule has 11 heteroatoms. The van der Waals surface area contributed by atoms with E-state index >= 15 is 0 Å². The Morgan fingerprint density at radius 1 is 0.921 bits per heavy atom. The van der Waals surface area contributed by atoms with Crippen molar-refractivity contribution in [2.75, 3.05) is 17.4 Å². The minimum Gasteiger partial charge on any atom is -0.355 e. The molecule has 0 aliphatic carbocycles. The van der Waals surface area contributed by atoms with Crippen LogP contribution in [-0.2, 0) is 26.2 Å². The van der Waals surface area contributed by atoms with Crippen molar-refractivity contribution in [1.29, 1.82) is 0 Å². The van der Waals surface area contributed by atoms with Gasteiger partial charge in [-0.3, -0.25) is 13.9 Å². The summed E-state index contributed by atoms with van der Waals surface area (Å²) in [6.07, 6.45) is 0.295. The third-order valence-corrected chi connectivity index (χ3v) is 8.88. The SMILES string of the molecule is CCNC(=O)[C@H](CC)N(Cc1c(Cl)cccc1Cl)C(=O)CN(c1ccc(Br)cc1)S(=O)(=O)c1ccccc1. The third-order valence-electron chi connectivity index (χ3n) is 5.85. The summed E-state index contributed by atoms with van der Waals surface area (Å²) in [5.74, 6) is -0.936. The fourth-order valence-electron chi connectivity index (χ4n) is 3.92. The van der Waals surface area contributed by atoms with E-state index in [-0.39, 0.29) is 17.3 Å². The normalized spacial score (nSPS) is 12.0. The first-order chi connectivity index (χ1) is 18.1. The largest absolute Gasteiger partial charge is 0.355 e. The number of hydrogen-bond acceptors (Lipinski definition) is 4. The highest BCUT2D eigenvalue weighted by atomic mass is 79.9. The van der Waals surface area contributed by atoms with Crippen LogP contribution >= 0.6 is 39.1 Å². The topological polar surface area (TPSA) is 86.8 Å². The standard InChI is InChI=1S/C27H28BrCl2N3O4S/c1-3-25(27(35)31-4-2)32(17-22-23(29)11-8-12-24(22)30)26(34)18-33(20-15-13-19(28)14-16-20)38(36,37)21-9-6-5-7-10-21/h5-16,25H,3-4,17-18H2,1-2H3,(H,31,35)/t25-/m0/s1. The lowest BCUT2D eigenvalue weighted by molar-refractivity contribution is -0.140. The second kappa shape index (κ2) is 13.5. The summed E-state index contributed by atoms with van der Waals surface area (Å²) in [6, 6.07) is 18.6. The Hall–Kier alpha value is -2.59. The molecule has 3 rings (SSSR count). The average Bonchev–Trinajstić information content (AvgIpc) is 2.90. The molecule has 0 spiro atoms. The van der Waals surface area contributed by atoms with Crippen molar-refractivity contribution in [3.05, 3.63) is 92.9 Å². The van der Waals surface area contributed by atoms with Crippen molar-refractivity contribution in [3.8, 4) is 0 Å². The first-order valence-corrected chi connectivity index (χ1v) is 14.9. The van der Waals surface area contributed by atoms with Gasteiger partial charge in [-0.25, -0.2) is 8.42 Å². The second-order valence-electron chi connectivity index (χ2n) is 8.34. The molecular formula is C27H28BrCl2N3O4S. The van der Waals surface area contributed by atoms with Gasteiger partial charge in [0.2, 0.25) is 11.8 Å². The van der Waals surface area contributed by atoms with Gasteiger partial charge in [-0.15, -0.1) is 0 Å². The van der Waals surface area contributed by atoms with Gasteiger partial charge in [-0.2, -0.15) is 0 Å². The Kier molecular flexibility index (Phi) is 10.6. The van der Waals surface area contributed by atoms with Crippen LogP contribution in [0.2, 0.25) is 10.0 Å². The third kappa shape index (κ3) is 7.08. The molecule has 0 heterocycles. The van der Waals surface area contributed by atoms with Crippen LogP contribution < -0.4 is 9.62 Å². The van der Waals surface area contributed by atoms with Gasteiger partial charge in [0, 0.05) is 33.2 Å². The molecule has 0 fully saturated rings. The predicted octanol–water partition coefficient (Wildman–Crippen LogP) is 5.89. The number of sulfonamides is 1. The molecule has 2 amide bonds. The highest BCUT2D eigenvalue weighted by Gasteiger charge is 2.34. The molecule has 7 nitrogen and oxygen atoms in total. The zero-order valence-corrected chi connectivity index (χ0v) is 24.8. The fraction of sp³-hybridized carbons (Fsp3) is 0.259. The number of carbonyl (C=O) groups is 2. The van der Waals surface area contributed by atoms with Crippen molar-refractivity contribution in [2.24, 2.45) is 0 Å². The number of rotatable bonds is 11.